The maximum absolute atomic E-state index is 13.6. The molecule has 0 atom stereocenters. The number of aromatic nitrogens is 4. The fourth-order valence-corrected chi connectivity index (χ4v) is 3.06. The van der Waals surface area contributed by atoms with Crippen molar-refractivity contribution < 1.29 is 13.6 Å². The maximum Gasteiger partial charge on any atom is 0.234 e. The quantitative estimate of drug-likeness (QED) is 0.496. The largest absolute Gasteiger partial charge is 0.323 e. The highest BCUT2D eigenvalue weighted by Crippen LogP contribution is 2.24. The van der Waals surface area contributed by atoms with E-state index in [9.17, 15) is 13.6 Å². The molecule has 138 valence electrons. The summed E-state index contributed by atoms with van der Waals surface area (Å²) in [5.74, 6) is -1.27. The summed E-state index contributed by atoms with van der Waals surface area (Å²) in [6.45, 7) is 4.17. The second-order valence-electron chi connectivity index (χ2n) is 5.41. The zero-order valence-corrected chi connectivity index (χ0v) is 14.9. The van der Waals surface area contributed by atoms with Gasteiger partial charge in [0, 0.05) is 30.6 Å². The second kappa shape index (κ2) is 8.54. The molecule has 0 aliphatic rings. The molecule has 1 amide bonds. The Morgan fingerprint density at radius 2 is 2.15 bits per heavy atom. The van der Waals surface area contributed by atoms with Gasteiger partial charge in [0.1, 0.15) is 11.6 Å². The average molecular weight is 387 g/mol. The topological polar surface area (TPSA) is 72.7 Å². The van der Waals surface area contributed by atoms with Gasteiger partial charge in [-0.05, 0) is 24.3 Å². The number of amides is 1. The number of thioether (sulfide) groups is 1. The smallest absolute Gasteiger partial charge is 0.234 e. The zero-order chi connectivity index (χ0) is 19.2. The lowest BCUT2D eigenvalue weighted by Gasteiger charge is -2.08. The molecule has 0 saturated heterocycles. The third kappa shape index (κ3) is 4.56. The summed E-state index contributed by atoms with van der Waals surface area (Å²) in [5.41, 5.74) is 0.578. The molecule has 2 aromatic heterocycles. The van der Waals surface area contributed by atoms with Crippen LogP contribution in [0.25, 0.3) is 11.4 Å². The summed E-state index contributed by atoms with van der Waals surface area (Å²) < 4.78 is 28.6. The highest BCUT2D eigenvalue weighted by molar-refractivity contribution is 7.99. The van der Waals surface area contributed by atoms with E-state index in [1.807, 2.05) is 6.07 Å². The third-order valence-corrected chi connectivity index (χ3v) is 4.45. The van der Waals surface area contributed by atoms with Crippen LogP contribution in [0.2, 0.25) is 0 Å². The Labute approximate surface area is 158 Å². The minimum absolute atomic E-state index is 0.0434. The van der Waals surface area contributed by atoms with Crippen LogP contribution < -0.4 is 5.32 Å². The first-order chi connectivity index (χ1) is 13.1. The SMILES string of the molecule is C=CCn1c(SCC(=O)Nc2cc(F)ccc2F)nnc1-c1cccnc1. The van der Waals surface area contributed by atoms with Crippen molar-refractivity contribution in [2.24, 2.45) is 0 Å². The van der Waals surface area contributed by atoms with Crippen LogP contribution >= 0.6 is 11.8 Å². The van der Waals surface area contributed by atoms with Gasteiger partial charge in [0.2, 0.25) is 5.91 Å². The van der Waals surface area contributed by atoms with Crippen molar-refractivity contribution in [1.82, 2.24) is 19.7 Å². The van der Waals surface area contributed by atoms with Crippen molar-refractivity contribution in [3.63, 3.8) is 0 Å². The number of pyridine rings is 1. The molecule has 3 rings (SSSR count). The highest BCUT2D eigenvalue weighted by atomic mass is 32.2. The molecule has 2 heterocycles. The van der Waals surface area contributed by atoms with E-state index in [0.29, 0.717) is 17.5 Å². The second-order valence-corrected chi connectivity index (χ2v) is 6.35. The number of hydrogen-bond donors (Lipinski definition) is 1. The first-order valence-corrected chi connectivity index (χ1v) is 8.89. The summed E-state index contributed by atoms with van der Waals surface area (Å²) in [5, 5.41) is 11.1. The number of nitrogens with one attached hydrogen (secondary N) is 1. The lowest BCUT2D eigenvalue weighted by Crippen LogP contribution is -2.15. The van der Waals surface area contributed by atoms with Gasteiger partial charge in [0.05, 0.1) is 11.4 Å². The number of rotatable bonds is 7. The molecule has 0 radical (unpaired) electrons. The predicted octanol–water partition coefficient (Wildman–Crippen LogP) is 3.54. The number of carbonyl (C=O) groups is 1. The van der Waals surface area contributed by atoms with E-state index < -0.39 is 17.5 Å². The van der Waals surface area contributed by atoms with Crippen LogP contribution in [0.4, 0.5) is 14.5 Å². The number of nitrogens with zero attached hydrogens (tertiary/aromatic N) is 4. The molecule has 9 heteroatoms. The van der Waals surface area contributed by atoms with E-state index in [2.05, 4.69) is 27.1 Å². The molecule has 0 spiro atoms. The molecule has 0 aliphatic heterocycles. The Morgan fingerprint density at radius 1 is 1.30 bits per heavy atom. The van der Waals surface area contributed by atoms with E-state index in [0.717, 1.165) is 35.5 Å². The standard InChI is InChI=1S/C18H15F2N5OS/c1-2-8-25-17(12-4-3-7-21-10-12)23-24-18(25)27-11-16(26)22-15-9-13(19)5-6-14(15)20/h2-7,9-10H,1,8,11H2,(H,22,26). The average Bonchev–Trinajstić information content (AvgIpc) is 3.07. The minimum Gasteiger partial charge on any atom is -0.323 e. The van der Waals surface area contributed by atoms with Crippen molar-refractivity contribution >= 4 is 23.4 Å². The molecule has 27 heavy (non-hydrogen) atoms. The Bertz CT molecular complexity index is 962. The molecule has 0 bridgehead atoms. The maximum atomic E-state index is 13.6. The molecule has 0 unspecified atom stereocenters. The van der Waals surface area contributed by atoms with E-state index in [1.165, 1.54) is 0 Å². The van der Waals surface area contributed by atoms with Crippen LogP contribution in [0.15, 0.2) is 60.5 Å². The monoisotopic (exact) mass is 387 g/mol. The van der Waals surface area contributed by atoms with E-state index in [4.69, 9.17) is 0 Å². The lowest BCUT2D eigenvalue weighted by molar-refractivity contribution is -0.113. The van der Waals surface area contributed by atoms with E-state index in [1.54, 1.807) is 29.1 Å². The molecule has 0 fully saturated rings. The van der Waals surface area contributed by atoms with Crippen molar-refractivity contribution in [1.29, 1.82) is 0 Å². The third-order valence-electron chi connectivity index (χ3n) is 3.48. The first kappa shape index (κ1) is 18.7. The predicted molar refractivity (Wildman–Crippen MR) is 99.2 cm³/mol. The Kier molecular flexibility index (Phi) is 5.92. The van der Waals surface area contributed by atoms with Gasteiger partial charge in [-0.3, -0.25) is 14.3 Å². The summed E-state index contributed by atoms with van der Waals surface area (Å²) in [6, 6.07) is 6.51. The molecule has 6 nitrogen and oxygen atoms in total. The summed E-state index contributed by atoms with van der Waals surface area (Å²) in [7, 11) is 0. The van der Waals surface area contributed by atoms with Crippen molar-refractivity contribution in [3.8, 4) is 11.4 Å². The molecular formula is C18H15F2N5OS. The van der Waals surface area contributed by atoms with Gasteiger partial charge >= 0.3 is 0 Å². The van der Waals surface area contributed by atoms with Gasteiger partial charge in [-0.1, -0.05) is 17.8 Å². The van der Waals surface area contributed by atoms with Crippen LogP contribution in [-0.2, 0) is 11.3 Å². The fraction of sp³-hybridized carbons (Fsp3) is 0.111. The van der Waals surface area contributed by atoms with Crippen LogP contribution in [-0.4, -0.2) is 31.4 Å². The number of carbonyl (C=O) groups excluding carboxylic acids is 1. The van der Waals surface area contributed by atoms with Crippen molar-refractivity contribution in [2.75, 3.05) is 11.1 Å². The zero-order valence-electron chi connectivity index (χ0n) is 14.1. The number of hydrogen-bond acceptors (Lipinski definition) is 5. The summed E-state index contributed by atoms with van der Waals surface area (Å²) in [4.78, 5) is 16.2. The Morgan fingerprint density at radius 3 is 2.89 bits per heavy atom. The first-order valence-electron chi connectivity index (χ1n) is 7.90. The van der Waals surface area contributed by atoms with Crippen molar-refractivity contribution in [2.45, 2.75) is 11.7 Å². The van der Waals surface area contributed by atoms with Crippen LogP contribution in [0, 0.1) is 11.6 Å². The molecule has 0 aliphatic carbocycles. The van der Waals surface area contributed by atoms with Gasteiger partial charge in [-0.15, -0.1) is 16.8 Å². The van der Waals surface area contributed by atoms with Crippen LogP contribution in [0.1, 0.15) is 0 Å². The highest BCUT2D eigenvalue weighted by Gasteiger charge is 2.16. The van der Waals surface area contributed by atoms with E-state index in [-0.39, 0.29) is 11.4 Å². The van der Waals surface area contributed by atoms with E-state index >= 15 is 0 Å². The Balaban J connectivity index is 1.72. The number of allylic oxidation sites excluding steroid dienone is 1. The number of anilines is 1. The van der Waals surface area contributed by atoms with Gasteiger partial charge in [0.25, 0.3) is 0 Å². The Hall–Kier alpha value is -3.07. The lowest BCUT2D eigenvalue weighted by atomic mass is 10.3. The van der Waals surface area contributed by atoms with Gasteiger partial charge in [-0.2, -0.15) is 0 Å². The van der Waals surface area contributed by atoms with Crippen LogP contribution in [0.5, 0.6) is 0 Å². The normalized spacial score (nSPS) is 10.6. The summed E-state index contributed by atoms with van der Waals surface area (Å²) >= 11 is 1.13. The number of halogens is 2. The minimum atomic E-state index is -0.705. The molecule has 1 N–H and O–H groups in total. The van der Waals surface area contributed by atoms with Gasteiger partial charge in [0.15, 0.2) is 11.0 Å². The van der Waals surface area contributed by atoms with Crippen LogP contribution in [0.3, 0.4) is 0 Å². The molecule has 3 aromatic rings. The fourth-order valence-electron chi connectivity index (χ4n) is 2.31. The molecule has 0 saturated carbocycles. The van der Waals surface area contributed by atoms with Crippen molar-refractivity contribution in [3.05, 3.63) is 67.0 Å². The summed E-state index contributed by atoms with van der Waals surface area (Å²) in [6.07, 6.45) is 5.01. The molecule has 1 aromatic carbocycles. The van der Waals surface area contributed by atoms with Gasteiger partial charge in [-0.25, -0.2) is 8.78 Å². The van der Waals surface area contributed by atoms with Gasteiger partial charge < -0.3 is 5.32 Å². The molecular weight excluding hydrogens is 372 g/mol. The number of benzene rings is 1.